The summed E-state index contributed by atoms with van der Waals surface area (Å²) >= 11 is 0. The topological polar surface area (TPSA) is 27.1 Å². The molecule has 1 N–H and O–H groups in total. The van der Waals surface area contributed by atoms with Crippen molar-refractivity contribution in [3.63, 3.8) is 0 Å². The number of nitrogens with one attached hydrogen (secondary N) is 1. The third-order valence-electron chi connectivity index (χ3n) is 3.22. The minimum absolute atomic E-state index is 0.829. The van der Waals surface area contributed by atoms with Crippen LogP contribution in [0.4, 0.5) is 0 Å². The molecule has 1 saturated carbocycles. The summed E-state index contributed by atoms with van der Waals surface area (Å²) in [4.78, 5) is 2.60. The molecule has 0 spiro atoms. The highest BCUT2D eigenvalue weighted by molar-refractivity contribution is 5.75. The monoisotopic (exact) mass is 192 g/mol. The molecular formula is C12H20N2. The van der Waals surface area contributed by atoms with E-state index in [9.17, 15) is 0 Å². The second-order valence-electron chi connectivity index (χ2n) is 4.59. The number of hydrogen-bond donors (Lipinski definition) is 1. The maximum Gasteiger partial charge on any atom is 0.0206 e. The van der Waals surface area contributed by atoms with Crippen molar-refractivity contribution in [1.82, 2.24) is 4.90 Å². The number of hydrogen-bond acceptors (Lipinski definition) is 2. The molecule has 2 heteroatoms. The summed E-state index contributed by atoms with van der Waals surface area (Å²) in [5.41, 5.74) is 1.23. The summed E-state index contributed by atoms with van der Waals surface area (Å²) in [5, 5.41) is 7.30. The molecule has 78 valence electrons. The summed E-state index contributed by atoms with van der Waals surface area (Å²) in [6, 6.07) is 0.935. The number of nitrogens with zero attached hydrogens (tertiary/aromatic N) is 1. The Hall–Kier alpha value is -0.630. The summed E-state index contributed by atoms with van der Waals surface area (Å²) in [6.45, 7) is 4.69. The van der Waals surface area contributed by atoms with Gasteiger partial charge in [0.1, 0.15) is 0 Å². The number of allylic oxidation sites excluding steroid dienone is 2. The fraction of sp³-hybridized carbons (Fsp3) is 0.750. The molecule has 0 amide bonds. The average molecular weight is 192 g/mol. The molecule has 2 fully saturated rings. The van der Waals surface area contributed by atoms with E-state index in [1.807, 2.05) is 0 Å². The SMILES string of the molecule is CC/C=C(\C=N)CC1CN(C2CC2)C1. The van der Waals surface area contributed by atoms with Crippen molar-refractivity contribution in [3.8, 4) is 0 Å². The van der Waals surface area contributed by atoms with Crippen LogP contribution in [0.2, 0.25) is 0 Å². The quantitative estimate of drug-likeness (QED) is 0.666. The first-order chi connectivity index (χ1) is 6.83. The third-order valence-corrected chi connectivity index (χ3v) is 3.22. The lowest BCUT2D eigenvalue weighted by molar-refractivity contribution is 0.0928. The zero-order chi connectivity index (χ0) is 9.97. The maximum atomic E-state index is 7.30. The maximum absolute atomic E-state index is 7.30. The molecule has 0 aromatic heterocycles. The highest BCUT2D eigenvalue weighted by Gasteiger charge is 2.37. The van der Waals surface area contributed by atoms with E-state index in [1.54, 1.807) is 0 Å². The Morgan fingerprint density at radius 3 is 2.64 bits per heavy atom. The van der Waals surface area contributed by atoms with Crippen LogP contribution in [0.25, 0.3) is 0 Å². The van der Waals surface area contributed by atoms with Crippen LogP contribution in [0.15, 0.2) is 11.6 Å². The van der Waals surface area contributed by atoms with Gasteiger partial charge in [0.15, 0.2) is 0 Å². The molecule has 0 bridgehead atoms. The molecule has 1 aliphatic carbocycles. The minimum atomic E-state index is 0.829. The lowest BCUT2D eigenvalue weighted by Crippen LogP contribution is -2.47. The Kier molecular flexibility index (Phi) is 3.02. The van der Waals surface area contributed by atoms with E-state index < -0.39 is 0 Å². The first-order valence-electron chi connectivity index (χ1n) is 5.77. The van der Waals surface area contributed by atoms with Crippen molar-refractivity contribution in [1.29, 1.82) is 5.41 Å². The predicted molar refractivity (Wildman–Crippen MR) is 59.9 cm³/mol. The van der Waals surface area contributed by atoms with Crippen molar-refractivity contribution in [3.05, 3.63) is 11.6 Å². The van der Waals surface area contributed by atoms with Crippen molar-refractivity contribution in [2.45, 2.75) is 38.6 Å². The summed E-state index contributed by atoms with van der Waals surface area (Å²) < 4.78 is 0. The molecule has 0 radical (unpaired) electrons. The van der Waals surface area contributed by atoms with Gasteiger partial charge in [-0.25, -0.2) is 0 Å². The Balaban J connectivity index is 1.71. The zero-order valence-electron chi connectivity index (χ0n) is 9.00. The van der Waals surface area contributed by atoms with Crippen molar-refractivity contribution < 1.29 is 0 Å². The second kappa shape index (κ2) is 4.26. The second-order valence-corrected chi connectivity index (χ2v) is 4.59. The van der Waals surface area contributed by atoms with Gasteiger partial charge in [-0.05, 0) is 37.2 Å². The lowest BCUT2D eigenvalue weighted by atomic mass is 9.92. The molecule has 2 rings (SSSR count). The van der Waals surface area contributed by atoms with Crippen LogP contribution in [0.3, 0.4) is 0 Å². The largest absolute Gasteiger partial charge is 0.308 e. The number of likely N-dealkylation sites (tertiary alicyclic amines) is 1. The van der Waals surface area contributed by atoms with Crippen LogP contribution in [0.5, 0.6) is 0 Å². The molecule has 1 saturated heterocycles. The molecule has 0 aromatic rings. The van der Waals surface area contributed by atoms with Gasteiger partial charge in [-0.2, -0.15) is 0 Å². The molecule has 0 atom stereocenters. The lowest BCUT2D eigenvalue weighted by Gasteiger charge is -2.39. The van der Waals surface area contributed by atoms with Crippen LogP contribution >= 0.6 is 0 Å². The molecule has 0 unspecified atom stereocenters. The van der Waals surface area contributed by atoms with Gasteiger partial charge < -0.3 is 5.41 Å². The van der Waals surface area contributed by atoms with Gasteiger partial charge in [-0.3, -0.25) is 4.90 Å². The van der Waals surface area contributed by atoms with Gasteiger partial charge in [-0.1, -0.05) is 13.0 Å². The van der Waals surface area contributed by atoms with E-state index in [2.05, 4.69) is 17.9 Å². The van der Waals surface area contributed by atoms with E-state index in [4.69, 9.17) is 5.41 Å². The highest BCUT2D eigenvalue weighted by Crippen LogP contribution is 2.34. The van der Waals surface area contributed by atoms with Gasteiger partial charge in [0.25, 0.3) is 0 Å². The number of rotatable bonds is 5. The highest BCUT2D eigenvalue weighted by atomic mass is 15.2. The summed E-state index contributed by atoms with van der Waals surface area (Å²) in [6.07, 6.45) is 8.75. The van der Waals surface area contributed by atoms with E-state index in [1.165, 1.54) is 37.7 Å². The first-order valence-corrected chi connectivity index (χ1v) is 5.77. The Morgan fingerprint density at radius 1 is 1.43 bits per heavy atom. The fourth-order valence-electron chi connectivity index (χ4n) is 2.27. The standard InChI is InChI=1S/C12H20N2/c1-2-3-10(7-13)6-11-8-14(9-11)12-4-5-12/h3,7,11-13H,2,4-6,8-9H2,1H3/b10-3-,13-7?. The van der Waals surface area contributed by atoms with E-state index in [0.717, 1.165) is 24.8 Å². The predicted octanol–water partition coefficient (Wildman–Crippen LogP) is 2.46. The minimum Gasteiger partial charge on any atom is -0.308 e. The van der Waals surface area contributed by atoms with E-state index in [0.29, 0.717) is 0 Å². The van der Waals surface area contributed by atoms with Gasteiger partial charge in [0.05, 0.1) is 0 Å². The first kappa shape index (κ1) is 9.91. The van der Waals surface area contributed by atoms with E-state index in [-0.39, 0.29) is 0 Å². The van der Waals surface area contributed by atoms with Crippen LogP contribution in [-0.4, -0.2) is 30.2 Å². The molecule has 1 aliphatic heterocycles. The summed E-state index contributed by atoms with van der Waals surface area (Å²) in [7, 11) is 0. The van der Waals surface area contributed by atoms with Crippen LogP contribution in [-0.2, 0) is 0 Å². The van der Waals surface area contributed by atoms with Crippen molar-refractivity contribution in [2.75, 3.05) is 13.1 Å². The Morgan fingerprint density at radius 2 is 2.14 bits per heavy atom. The van der Waals surface area contributed by atoms with Crippen molar-refractivity contribution >= 4 is 6.21 Å². The smallest absolute Gasteiger partial charge is 0.0206 e. The van der Waals surface area contributed by atoms with Gasteiger partial charge >= 0.3 is 0 Å². The van der Waals surface area contributed by atoms with Gasteiger partial charge in [-0.15, -0.1) is 0 Å². The summed E-state index contributed by atoms with van der Waals surface area (Å²) in [5.74, 6) is 0.829. The molecule has 0 aromatic carbocycles. The average Bonchev–Trinajstić information content (AvgIpc) is 2.91. The van der Waals surface area contributed by atoms with Crippen molar-refractivity contribution in [2.24, 2.45) is 5.92 Å². The molecule has 2 aliphatic rings. The Bertz CT molecular complexity index is 235. The Labute approximate surface area is 86.5 Å². The van der Waals surface area contributed by atoms with Gasteiger partial charge in [0.2, 0.25) is 0 Å². The zero-order valence-corrected chi connectivity index (χ0v) is 9.00. The third kappa shape index (κ3) is 2.24. The van der Waals surface area contributed by atoms with Crippen LogP contribution in [0.1, 0.15) is 32.6 Å². The van der Waals surface area contributed by atoms with Crippen LogP contribution < -0.4 is 0 Å². The normalized spacial score (nSPS) is 24.8. The fourth-order valence-corrected chi connectivity index (χ4v) is 2.27. The molecule has 1 heterocycles. The molecular weight excluding hydrogens is 172 g/mol. The molecule has 14 heavy (non-hydrogen) atoms. The molecule has 2 nitrogen and oxygen atoms in total. The van der Waals surface area contributed by atoms with Gasteiger partial charge in [0, 0.05) is 25.3 Å². The van der Waals surface area contributed by atoms with Crippen LogP contribution in [0, 0.1) is 11.3 Å². The van der Waals surface area contributed by atoms with E-state index >= 15 is 0 Å².